The molecule has 1 aromatic heterocycles. The number of fused-ring (bicyclic) bond motifs is 1. The number of hydrogen-bond donors (Lipinski definition) is 0. The molecule has 0 atom stereocenters. The molecule has 10 heteroatoms. The van der Waals surface area contributed by atoms with Gasteiger partial charge in [-0.2, -0.15) is 4.31 Å². The predicted octanol–water partition coefficient (Wildman–Crippen LogP) is 4.70. The number of hydrogen-bond acceptors (Lipinski definition) is 7. The van der Waals surface area contributed by atoms with Gasteiger partial charge in [-0.15, -0.1) is 0 Å². The first kappa shape index (κ1) is 28.5. The Morgan fingerprint density at radius 3 is 2.32 bits per heavy atom. The van der Waals surface area contributed by atoms with Gasteiger partial charge in [0.05, 0.1) is 16.7 Å². The molecule has 206 valence electrons. The van der Waals surface area contributed by atoms with E-state index < -0.39 is 10.0 Å². The monoisotopic (exact) mass is 558 g/mol. The lowest BCUT2D eigenvalue weighted by atomic mass is 9.96. The zero-order chi connectivity index (χ0) is 27.4. The number of sulfonamides is 1. The Balaban J connectivity index is 1.56. The van der Waals surface area contributed by atoms with Gasteiger partial charge < -0.3 is 9.64 Å². The van der Waals surface area contributed by atoms with Gasteiger partial charge in [0.25, 0.3) is 0 Å². The zero-order valence-corrected chi connectivity index (χ0v) is 24.6. The molecule has 2 heterocycles. The van der Waals surface area contributed by atoms with Crippen LogP contribution in [0.2, 0.25) is 0 Å². The summed E-state index contributed by atoms with van der Waals surface area (Å²) in [4.78, 5) is 23.2. The predicted molar refractivity (Wildman–Crippen MR) is 154 cm³/mol. The van der Waals surface area contributed by atoms with Crippen LogP contribution in [0.1, 0.15) is 37.8 Å². The number of thiazole rings is 1. The number of aryl methyl sites for hydroxylation is 2. The van der Waals surface area contributed by atoms with Crippen LogP contribution in [0.15, 0.2) is 41.3 Å². The molecule has 2 aromatic carbocycles. The van der Waals surface area contributed by atoms with Gasteiger partial charge in [0.1, 0.15) is 11.3 Å². The van der Waals surface area contributed by atoms with Crippen molar-refractivity contribution >= 4 is 42.6 Å². The number of anilines is 1. The van der Waals surface area contributed by atoms with Crippen molar-refractivity contribution in [3.05, 3.63) is 47.5 Å². The fraction of sp³-hybridized carbons (Fsp3) is 0.500. The molecule has 1 amide bonds. The number of likely N-dealkylation sites (N-methyl/N-ethyl adjacent to an activating group) is 1. The Hall–Kier alpha value is -2.53. The molecule has 4 rings (SSSR count). The lowest BCUT2D eigenvalue weighted by molar-refractivity contribution is -0.123. The Kier molecular flexibility index (Phi) is 9.07. The van der Waals surface area contributed by atoms with Gasteiger partial charge in [-0.05, 0) is 63.5 Å². The van der Waals surface area contributed by atoms with Crippen molar-refractivity contribution in [2.75, 3.05) is 51.3 Å². The van der Waals surface area contributed by atoms with Gasteiger partial charge in [-0.25, -0.2) is 13.4 Å². The summed E-state index contributed by atoms with van der Waals surface area (Å²) in [6.45, 7) is 11.9. The quantitative estimate of drug-likeness (QED) is 0.359. The van der Waals surface area contributed by atoms with Crippen molar-refractivity contribution in [1.82, 2.24) is 14.2 Å². The molecule has 0 bridgehead atoms. The number of methoxy groups -OCH3 is 1. The molecule has 0 N–H and O–H groups in total. The standard InChI is InChI=1S/C28H38N4O4S2/c1-6-30(7-2)18-19-32(28-29-25-24(36-5)13-10-21(4)26(25)37-28)27(33)22-14-16-31(17-15-22)38(34,35)23-11-8-20(3)9-12-23/h8-13,22H,6-7,14-19H2,1-5H3. The van der Waals surface area contributed by atoms with Crippen LogP contribution < -0.4 is 9.64 Å². The Morgan fingerprint density at radius 2 is 1.71 bits per heavy atom. The fourth-order valence-corrected chi connectivity index (χ4v) is 7.44. The molecule has 0 aliphatic carbocycles. The number of rotatable bonds is 10. The fourth-order valence-electron chi connectivity index (χ4n) is 4.88. The van der Waals surface area contributed by atoms with Crippen molar-refractivity contribution in [2.45, 2.75) is 45.4 Å². The summed E-state index contributed by atoms with van der Waals surface area (Å²) in [5, 5.41) is 0.666. The first-order valence-electron chi connectivity index (χ1n) is 13.2. The summed E-state index contributed by atoms with van der Waals surface area (Å²) in [5.74, 6) is 0.449. The molecule has 3 aromatic rings. The number of piperidine rings is 1. The first-order chi connectivity index (χ1) is 18.2. The van der Waals surface area contributed by atoms with E-state index in [9.17, 15) is 13.2 Å². The van der Waals surface area contributed by atoms with Gasteiger partial charge in [0.15, 0.2) is 5.13 Å². The average molecular weight is 559 g/mol. The van der Waals surface area contributed by atoms with E-state index in [2.05, 4.69) is 18.7 Å². The highest BCUT2D eigenvalue weighted by molar-refractivity contribution is 7.89. The normalized spacial score (nSPS) is 15.3. The number of amides is 1. The van der Waals surface area contributed by atoms with E-state index in [4.69, 9.17) is 9.72 Å². The number of ether oxygens (including phenoxy) is 1. The van der Waals surface area contributed by atoms with Crippen LogP contribution in [-0.2, 0) is 14.8 Å². The van der Waals surface area contributed by atoms with E-state index in [1.165, 1.54) is 15.6 Å². The first-order valence-corrected chi connectivity index (χ1v) is 15.5. The molecule has 1 aliphatic heterocycles. The minimum atomic E-state index is -3.58. The minimum absolute atomic E-state index is 0.0141. The lowest BCUT2D eigenvalue weighted by Gasteiger charge is -2.33. The summed E-state index contributed by atoms with van der Waals surface area (Å²) in [6.07, 6.45) is 0.970. The molecule has 38 heavy (non-hydrogen) atoms. The molecular formula is C28H38N4O4S2. The topological polar surface area (TPSA) is 83.0 Å². The Morgan fingerprint density at radius 1 is 1.05 bits per heavy atom. The number of nitrogens with zero attached hydrogens (tertiary/aromatic N) is 4. The highest BCUT2D eigenvalue weighted by atomic mass is 32.2. The molecule has 0 radical (unpaired) electrons. The van der Waals surface area contributed by atoms with Crippen molar-refractivity contribution in [2.24, 2.45) is 5.92 Å². The highest BCUT2D eigenvalue weighted by Crippen LogP contribution is 2.37. The number of aromatic nitrogens is 1. The molecular weight excluding hydrogens is 520 g/mol. The van der Waals surface area contributed by atoms with Gasteiger partial charge in [-0.1, -0.05) is 48.9 Å². The minimum Gasteiger partial charge on any atom is -0.494 e. The second-order valence-electron chi connectivity index (χ2n) is 9.77. The van der Waals surface area contributed by atoms with Crippen LogP contribution in [0.4, 0.5) is 5.13 Å². The molecule has 1 aliphatic rings. The van der Waals surface area contributed by atoms with Crippen molar-refractivity contribution in [3.63, 3.8) is 0 Å². The number of carbonyl (C=O) groups excluding carboxylic acids is 1. The molecule has 0 spiro atoms. The number of carbonyl (C=O) groups is 1. The number of benzene rings is 2. The summed E-state index contributed by atoms with van der Waals surface area (Å²) in [6, 6.07) is 10.8. The molecule has 0 saturated carbocycles. The third kappa shape index (κ3) is 5.88. The van der Waals surface area contributed by atoms with E-state index in [-0.39, 0.29) is 11.8 Å². The Bertz CT molecular complexity index is 1360. The van der Waals surface area contributed by atoms with Gasteiger partial charge in [0.2, 0.25) is 15.9 Å². The van der Waals surface area contributed by atoms with Crippen molar-refractivity contribution < 1.29 is 17.9 Å². The van der Waals surface area contributed by atoms with Crippen LogP contribution in [0.25, 0.3) is 10.2 Å². The smallest absolute Gasteiger partial charge is 0.243 e. The third-order valence-corrected chi connectivity index (χ3v) is 10.5. The maximum Gasteiger partial charge on any atom is 0.243 e. The van der Waals surface area contributed by atoms with Gasteiger partial charge in [-0.3, -0.25) is 9.69 Å². The van der Waals surface area contributed by atoms with E-state index in [0.717, 1.165) is 41.0 Å². The SMILES string of the molecule is CCN(CC)CCN(C(=O)C1CCN(S(=O)(=O)c2ccc(C)cc2)CC1)c1nc2c(OC)ccc(C)c2s1. The maximum atomic E-state index is 13.9. The molecule has 0 unspecified atom stereocenters. The van der Waals surface area contributed by atoms with Crippen LogP contribution in [0.5, 0.6) is 5.75 Å². The van der Waals surface area contributed by atoms with E-state index in [0.29, 0.717) is 48.3 Å². The molecule has 1 fully saturated rings. The van der Waals surface area contributed by atoms with Gasteiger partial charge >= 0.3 is 0 Å². The average Bonchev–Trinajstić information content (AvgIpc) is 3.37. The Labute approximate surface area is 230 Å². The van der Waals surface area contributed by atoms with Crippen molar-refractivity contribution in [1.29, 1.82) is 0 Å². The van der Waals surface area contributed by atoms with E-state index in [1.54, 1.807) is 19.2 Å². The van der Waals surface area contributed by atoms with Crippen LogP contribution >= 0.6 is 11.3 Å². The van der Waals surface area contributed by atoms with E-state index in [1.807, 2.05) is 43.0 Å². The molecule has 1 saturated heterocycles. The third-order valence-electron chi connectivity index (χ3n) is 7.41. The van der Waals surface area contributed by atoms with E-state index >= 15 is 0 Å². The van der Waals surface area contributed by atoms with Crippen LogP contribution in [0.3, 0.4) is 0 Å². The largest absolute Gasteiger partial charge is 0.494 e. The lowest BCUT2D eigenvalue weighted by Crippen LogP contribution is -2.46. The van der Waals surface area contributed by atoms with Crippen LogP contribution in [-0.4, -0.2) is 74.9 Å². The van der Waals surface area contributed by atoms with Crippen LogP contribution in [0, 0.1) is 19.8 Å². The molecule has 8 nitrogen and oxygen atoms in total. The maximum absolute atomic E-state index is 13.9. The second kappa shape index (κ2) is 12.1. The van der Waals surface area contributed by atoms with Gasteiger partial charge in [0, 0.05) is 32.1 Å². The second-order valence-corrected chi connectivity index (χ2v) is 12.7. The summed E-state index contributed by atoms with van der Waals surface area (Å²) in [7, 11) is -1.95. The summed E-state index contributed by atoms with van der Waals surface area (Å²) >= 11 is 1.51. The zero-order valence-electron chi connectivity index (χ0n) is 22.9. The summed E-state index contributed by atoms with van der Waals surface area (Å²) in [5.41, 5.74) is 2.88. The highest BCUT2D eigenvalue weighted by Gasteiger charge is 2.35. The van der Waals surface area contributed by atoms with Crippen molar-refractivity contribution in [3.8, 4) is 5.75 Å². The summed E-state index contributed by atoms with van der Waals surface area (Å²) < 4.78 is 34.4.